The van der Waals surface area contributed by atoms with Crippen molar-refractivity contribution in [3.05, 3.63) is 23.0 Å². The second-order valence-electron chi connectivity index (χ2n) is 5.27. The second kappa shape index (κ2) is 6.24. The van der Waals surface area contributed by atoms with Crippen molar-refractivity contribution in [1.82, 2.24) is 14.8 Å². The monoisotopic (exact) mass is 263 g/mol. The fraction of sp³-hybridized carbons (Fsp3) is 0.667. The minimum atomic E-state index is 0.294. The van der Waals surface area contributed by atoms with Crippen molar-refractivity contribution in [1.29, 1.82) is 0 Å². The van der Waals surface area contributed by atoms with Crippen LogP contribution < -0.4 is 5.32 Å². The van der Waals surface area contributed by atoms with Crippen LogP contribution in [0.1, 0.15) is 30.3 Å². The highest BCUT2D eigenvalue weighted by molar-refractivity contribution is 5.76. The van der Waals surface area contributed by atoms with E-state index in [9.17, 15) is 4.79 Å². The van der Waals surface area contributed by atoms with Crippen LogP contribution in [0.25, 0.3) is 0 Å². The van der Waals surface area contributed by atoms with E-state index in [1.807, 2.05) is 4.90 Å². The minimum Gasteiger partial charge on any atom is -0.349 e. The van der Waals surface area contributed by atoms with Gasteiger partial charge in [0.25, 0.3) is 0 Å². The summed E-state index contributed by atoms with van der Waals surface area (Å²) >= 11 is 0. The third-order valence-electron chi connectivity index (χ3n) is 4.07. The van der Waals surface area contributed by atoms with Gasteiger partial charge in [-0.1, -0.05) is 0 Å². The SMILES string of the molecule is CCn1c(C)cc(CCC(=O)N2CCNCC2)c1C. The molecule has 2 rings (SSSR count). The number of piperazine rings is 1. The Hall–Kier alpha value is -1.29. The van der Waals surface area contributed by atoms with Crippen LogP contribution in [0.3, 0.4) is 0 Å². The molecule has 1 aliphatic rings. The molecule has 0 aliphatic carbocycles. The average Bonchev–Trinajstić information content (AvgIpc) is 2.71. The molecule has 0 saturated carbocycles. The summed E-state index contributed by atoms with van der Waals surface area (Å²) in [4.78, 5) is 14.1. The topological polar surface area (TPSA) is 37.3 Å². The zero-order chi connectivity index (χ0) is 13.8. The molecule has 0 aromatic carbocycles. The van der Waals surface area contributed by atoms with Crippen molar-refractivity contribution in [3.63, 3.8) is 0 Å². The molecular weight excluding hydrogens is 238 g/mol. The first-order chi connectivity index (χ1) is 9.13. The Labute approximate surface area is 115 Å². The predicted octanol–water partition coefficient (Wildman–Crippen LogP) is 1.49. The summed E-state index contributed by atoms with van der Waals surface area (Å²) in [7, 11) is 0. The van der Waals surface area contributed by atoms with E-state index in [0.29, 0.717) is 12.3 Å². The van der Waals surface area contributed by atoms with Crippen LogP contribution in [0.5, 0.6) is 0 Å². The molecule has 1 fully saturated rings. The fourth-order valence-corrected chi connectivity index (χ4v) is 2.93. The first-order valence-corrected chi connectivity index (χ1v) is 7.27. The molecule has 2 heterocycles. The van der Waals surface area contributed by atoms with Crippen molar-refractivity contribution >= 4 is 5.91 Å². The van der Waals surface area contributed by atoms with Gasteiger partial charge in [0.05, 0.1) is 0 Å². The summed E-state index contributed by atoms with van der Waals surface area (Å²) < 4.78 is 2.31. The summed E-state index contributed by atoms with van der Waals surface area (Å²) in [6.45, 7) is 11.0. The molecule has 4 nitrogen and oxygen atoms in total. The van der Waals surface area contributed by atoms with Crippen LogP contribution in [0.2, 0.25) is 0 Å². The zero-order valence-electron chi connectivity index (χ0n) is 12.3. The Bertz CT molecular complexity index is 444. The summed E-state index contributed by atoms with van der Waals surface area (Å²) in [6.07, 6.45) is 1.50. The molecule has 106 valence electrons. The van der Waals surface area contributed by atoms with Gasteiger partial charge in [-0.15, -0.1) is 0 Å². The summed E-state index contributed by atoms with van der Waals surface area (Å²) in [5.74, 6) is 0.294. The number of hydrogen-bond donors (Lipinski definition) is 1. The Morgan fingerprint density at radius 2 is 2.00 bits per heavy atom. The third kappa shape index (κ3) is 3.18. The van der Waals surface area contributed by atoms with E-state index in [-0.39, 0.29) is 0 Å². The molecule has 1 N–H and O–H groups in total. The largest absolute Gasteiger partial charge is 0.349 e. The molecular formula is C15H25N3O. The molecule has 0 unspecified atom stereocenters. The van der Waals surface area contributed by atoms with Gasteiger partial charge in [-0.25, -0.2) is 0 Å². The van der Waals surface area contributed by atoms with E-state index >= 15 is 0 Å². The normalized spacial score (nSPS) is 15.8. The molecule has 0 radical (unpaired) electrons. The highest BCUT2D eigenvalue weighted by Gasteiger charge is 2.17. The van der Waals surface area contributed by atoms with Crippen LogP contribution in [0, 0.1) is 13.8 Å². The number of hydrogen-bond acceptors (Lipinski definition) is 2. The highest BCUT2D eigenvalue weighted by atomic mass is 16.2. The number of rotatable bonds is 4. The van der Waals surface area contributed by atoms with Crippen molar-refractivity contribution < 1.29 is 4.79 Å². The van der Waals surface area contributed by atoms with E-state index in [2.05, 4.69) is 36.7 Å². The van der Waals surface area contributed by atoms with Gasteiger partial charge in [0.1, 0.15) is 0 Å². The second-order valence-corrected chi connectivity index (χ2v) is 5.27. The molecule has 19 heavy (non-hydrogen) atoms. The Morgan fingerprint density at radius 3 is 2.58 bits per heavy atom. The number of carbonyl (C=O) groups excluding carboxylic acids is 1. The maximum absolute atomic E-state index is 12.1. The minimum absolute atomic E-state index is 0.294. The van der Waals surface area contributed by atoms with E-state index < -0.39 is 0 Å². The molecule has 1 amide bonds. The molecule has 0 spiro atoms. The fourth-order valence-electron chi connectivity index (χ4n) is 2.93. The standard InChI is InChI=1S/C15H25N3O/c1-4-18-12(2)11-14(13(18)3)5-6-15(19)17-9-7-16-8-10-17/h11,16H,4-10H2,1-3H3. The number of amides is 1. The number of carbonyl (C=O) groups is 1. The van der Waals surface area contributed by atoms with Gasteiger partial charge < -0.3 is 14.8 Å². The van der Waals surface area contributed by atoms with Crippen molar-refractivity contribution in [2.75, 3.05) is 26.2 Å². The first-order valence-electron chi connectivity index (χ1n) is 7.27. The Balaban J connectivity index is 1.93. The maximum atomic E-state index is 12.1. The molecule has 1 aromatic rings. The van der Waals surface area contributed by atoms with E-state index in [1.165, 1.54) is 17.0 Å². The molecule has 1 saturated heterocycles. The van der Waals surface area contributed by atoms with Gasteiger partial charge in [0, 0.05) is 50.5 Å². The number of aromatic nitrogens is 1. The molecule has 1 aromatic heterocycles. The number of nitrogens with zero attached hydrogens (tertiary/aromatic N) is 2. The van der Waals surface area contributed by atoms with Gasteiger partial charge >= 0.3 is 0 Å². The zero-order valence-corrected chi connectivity index (χ0v) is 12.3. The van der Waals surface area contributed by atoms with Crippen LogP contribution >= 0.6 is 0 Å². The van der Waals surface area contributed by atoms with Crippen LogP contribution in [0.15, 0.2) is 6.07 Å². The molecule has 4 heteroatoms. The molecule has 0 bridgehead atoms. The number of aryl methyl sites for hydroxylation is 2. The third-order valence-corrected chi connectivity index (χ3v) is 4.07. The van der Waals surface area contributed by atoms with E-state index in [4.69, 9.17) is 0 Å². The van der Waals surface area contributed by atoms with Crippen molar-refractivity contribution in [3.8, 4) is 0 Å². The maximum Gasteiger partial charge on any atom is 0.222 e. The summed E-state index contributed by atoms with van der Waals surface area (Å²) in [5.41, 5.74) is 3.93. The van der Waals surface area contributed by atoms with E-state index in [1.54, 1.807) is 0 Å². The Kier molecular flexibility index (Phi) is 4.64. The van der Waals surface area contributed by atoms with Crippen molar-refractivity contribution in [2.24, 2.45) is 0 Å². The van der Waals surface area contributed by atoms with Gasteiger partial charge in [-0.05, 0) is 38.8 Å². The van der Waals surface area contributed by atoms with Gasteiger partial charge in [-0.2, -0.15) is 0 Å². The lowest BCUT2D eigenvalue weighted by atomic mass is 10.1. The van der Waals surface area contributed by atoms with Crippen LogP contribution in [0.4, 0.5) is 0 Å². The summed E-state index contributed by atoms with van der Waals surface area (Å²) in [5, 5.41) is 3.27. The van der Waals surface area contributed by atoms with Crippen molar-refractivity contribution in [2.45, 2.75) is 40.2 Å². The lowest BCUT2D eigenvalue weighted by Crippen LogP contribution is -2.46. The molecule has 1 aliphatic heterocycles. The highest BCUT2D eigenvalue weighted by Crippen LogP contribution is 2.17. The first kappa shape index (κ1) is 14.1. The average molecular weight is 263 g/mol. The lowest BCUT2D eigenvalue weighted by Gasteiger charge is -2.27. The van der Waals surface area contributed by atoms with Gasteiger partial charge in [0.2, 0.25) is 5.91 Å². The van der Waals surface area contributed by atoms with Gasteiger partial charge in [-0.3, -0.25) is 4.79 Å². The molecule has 0 atom stereocenters. The van der Waals surface area contributed by atoms with Gasteiger partial charge in [0.15, 0.2) is 0 Å². The lowest BCUT2D eigenvalue weighted by molar-refractivity contribution is -0.131. The van der Waals surface area contributed by atoms with E-state index in [0.717, 1.165) is 39.1 Å². The Morgan fingerprint density at radius 1 is 1.32 bits per heavy atom. The smallest absolute Gasteiger partial charge is 0.222 e. The predicted molar refractivity (Wildman–Crippen MR) is 77.4 cm³/mol. The number of nitrogens with one attached hydrogen (secondary N) is 1. The summed E-state index contributed by atoms with van der Waals surface area (Å²) in [6, 6.07) is 2.23. The van der Waals surface area contributed by atoms with Crippen LogP contribution in [-0.2, 0) is 17.8 Å². The quantitative estimate of drug-likeness (QED) is 0.893. The van der Waals surface area contributed by atoms with Crippen LogP contribution in [-0.4, -0.2) is 41.6 Å².